The number of methoxy groups -OCH3 is 3. The van der Waals surface area contributed by atoms with E-state index < -0.39 is 6.29 Å². The number of halogens is 1. The zero-order chi connectivity index (χ0) is 13.5. The molecule has 0 heterocycles. The molecule has 0 fully saturated rings. The number of hydrogen-bond acceptors (Lipinski definition) is 4. The number of nitrogens with one attached hydrogen (secondary N) is 1. The van der Waals surface area contributed by atoms with Crippen molar-refractivity contribution >= 4 is 21.8 Å². The first kappa shape index (κ1) is 14.9. The highest BCUT2D eigenvalue weighted by Gasteiger charge is 2.14. The van der Waals surface area contributed by atoms with Gasteiger partial charge in [0.1, 0.15) is 5.75 Å². The molecule has 1 N–H and O–H groups in total. The molecular weight excluding hydrogens is 302 g/mol. The van der Waals surface area contributed by atoms with Crippen molar-refractivity contribution in [3.8, 4) is 5.75 Å². The second-order valence-electron chi connectivity index (χ2n) is 3.46. The Morgan fingerprint density at radius 2 is 2.00 bits per heavy atom. The first-order valence-corrected chi connectivity index (χ1v) is 6.09. The molecule has 0 atom stereocenters. The molecule has 0 spiro atoms. The lowest BCUT2D eigenvalue weighted by Gasteiger charge is -2.15. The maximum Gasteiger partial charge on any atom is 0.255 e. The van der Waals surface area contributed by atoms with Gasteiger partial charge < -0.3 is 19.5 Å². The maximum absolute atomic E-state index is 12.0. The van der Waals surface area contributed by atoms with Gasteiger partial charge in [0.25, 0.3) is 5.91 Å². The van der Waals surface area contributed by atoms with Crippen molar-refractivity contribution in [3.63, 3.8) is 0 Å². The predicted molar refractivity (Wildman–Crippen MR) is 70.8 cm³/mol. The Bertz CT molecular complexity index is 407. The first-order valence-electron chi connectivity index (χ1n) is 5.29. The minimum atomic E-state index is -0.463. The van der Waals surface area contributed by atoms with Crippen molar-refractivity contribution < 1.29 is 19.0 Å². The predicted octanol–water partition coefficient (Wildman–Crippen LogP) is 1.81. The van der Waals surface area contributed by atoms with Crippen LogP contribution in [-0.4, -0.2) is 40.1 Å². The van der Waals surface area contributed by atoms with Crippen LogP contribution in [0.3, 0.4) is 0 Å². The van der Waals surface area contributed by atoms with Crippen molar-refractivity contribution in [1.82, 2.24) is 5.32 Å². The van der Waals surface area contributed by atoms with E-state index in [1.807, 2.05) is 0 Å². The molecule has 0 saturated carbocycles. The fourth-order valence-corrected chi connectivity index (χ4v) is 1.73. The van der Waals surface area contributed by atoms with Crippen LogP contribution in [0.2, 0.25) is 0 Å². The summed E-state index contributed by atoms with van der Waals surface area (Å²) in [5.74, 6) is 0.270. The monoisotopic (exact) mass is 317 g/mol. The summed E-state index contributed by atoms with van der Waals surface area (Å²) in [4.78, 5) is 12.0. The largest absolute Gasteiger partial charge is 0.496 e. The zero-order valence-corrected chi connectivity index (χ0v) is 12.1. The second kappa shape index (κ2) is 7.35. The molecule has 1 aromatic rings. The van der Waals surface area contributed by atoms with Gasteiger partial charge in [0, 0.05) is 18.7 Å². The fraction of sp³-hybridized carbons (Fsp3) is 0.417. The first-order chi connectivity index (χ1) is 8.62. The van der Waals surface area contributed by atoms with E-state index in [-0.39, 0.29) is 12.5 Å². The smallest absolute Gasteiger partial charge is 0.255 e. The molecule has 5 nitrogen and oxygen atoms in total. The Morgan fingerprint density at radius 3 is 2.56 bits per heavy atom. The van der Waals surface area contributed by atoms with Crippen LogP contribution in [0.15, 0.2) is 22.7 Å². The molecule has 0 aliphatic rings. The number of benzene rings is 1. The normalized spacial score (nSPS) is 10.5. The Morgan fingerprint density at radius 1 is 1.33 bits per heavy atom. The van der Waals surface area contributed by atoms with Gasteiger partial charge in [-0.05, 0) is 18.2 Å². The number of carbonyl (C=O) groups excluding carboxylic acids is 1. The number of carbonyl (C=O) groups is 1. The summed E-state index contributed by atoms with van der Waals surface area (Å²) in [6.07, 6.45) is -0.463. The van der Waals surface area contributed by atoms with Crippen molar-refractivity contribution in [1.29, 1.82) is 0 Å². The van der Waals surface area contributed by atoms with Crippen molar-refractivity contribution in [2.24, 2.45) is 0 Å². The Kier molecular flexibility index (Phi) is 6.11. The Labute approximate surface area is 115 Å². The highest BCUT2D eigenvalue weighted by molar-refractivity contribution is 9.10. The Hall–Kier alpha value is -1.11. The van der Waals surface area contributed by atoms with Gasteiger partial charge in [-0.2, -0.15) is 0 Å². The van der Waals surface area contributed by atoms with Gasteiger partial charge >= 0.3 is 0 Å². The Balaban J connectivity index is 2.72. The number of ether oxygens (including phenoxy) is 3. The van der Waals surface area contributed by atoms with E-state index in [4.69, 9.17) is 14.2 Å². The molecule has 0 aliphatic carbocycles. The van der Waals surface area contributed by atoms with E-state index in [1.54, 1.807) is 18.2 Å². The summed E-state index contributed by atoms with van der Waals surface area (Å²) >= 11 is 3.32. The summed E-state index contributed by atoms with van der Waals surface area (Å²) in [6.45, 7) is 0.269. The third-order valence-electron chi connectivity index (χ3n) is 2.36. The summed E-state index contributed by atoms with van der Waals surface area (Å²) in [5.41, 5.74) is 0.464. The number of hydrogen-bond donors (Lipinski definition) is 1. The van der Waals surface area contributed by atoms with Crippen molar-refractivity contribution in [3.05, 3.63) is 28.2 Å². The van der Waals surface area contributed by atoms with Gasteiger partial charge in [-0.1, -0.05) is 15.9 Å². The number of amides is 1. The van der Waals surface area contributed by atoms with Crippen LogP contribution in [0.25, 0.3) is 0 Å². The lowest BCUT2D eigenvalue weighted by atomic mass is 10.2. The zero-order valence-electron chi connectivity index (χ0n) is 10.5. The number of rotatable bonds is 6. The van der Waals surface area contributed by atoms with Crippen molar-refractivity contribution in [2.45, 2.75) is 6.29 Å². The van der Waals surface area contributed by atoms with E-state index >= 15 is 0 Å². The molecule has 1 rings (SSSR count). The molecule has 0 aliphatic heterocycles. The SMILES string of the molecule is COc1cc(Br)ccc1C(=O)NCC(OC)OC. The van der Waals surface area contributed by atoms with Gasteiger partial charge in [-0.25, -0.2) is 0 Å². The lowest BCUT2D eigenvalue weighted by Crippen LogP contribution is -2.34. The summed E-state index contributed by atoms with van der Waals surface area (Å²) in [5, 5.41) is 2.71. The van der Waals surface area contributed by atoms with Crippen LogP contribution in [0.1, 0.15) is 10.4 Å². The van der Waals surface area contributed by atoms with Gasteiger partial charge in [-0.3, -0.25) is 4.79 Å². The van der Waals surface area contributed by atoms with E-state index in [0.717, 1.165) is 4.47 Å². The molecule has 0 bridgehead atoms. The van der Waals surface area contributed by atoms with Gasteiger partial charge in [0.05, 0.1) is 19.2 Å². The third kappa shape index (κ3) is 3.97. The molecule has 0 saturated heterocycles. The maximum atomic E-state index is 12.0. The molecule has 6 heteroatoms. The summed E-state index contributed by atoms with van der Waals surface area (Å²) in [6, 6.07) is 5.20. The highest BCUT2D eigenvalue weighted by atomic mass is 79.9. The van der Waals surface area contributed by atoms with Gasteiger partial charge in [0.2, 0.25) is 0 Å². The lowest BCUT2D eigenvalue weighted by molar-refractivity contribution is -0.0974. The van der Waals surface area contributed by atoms with Crippen molar-refractivity contribution in [2.75, 3.05) is 27.9 Å². The van der Waals surface area contributed by atoms with Crippen LogP contribution >= 0.6 is 15.9 Å². The molecule has 1 aromatic carbocycles. The molecule has 1 amide bonds. The van der Waals surface area contributed by atoms with Crippen LogP contribution in [0.4, 0.5) is 0 Å². The van der Waals surface area contributed by atoms with E-state index in [1.165, 1.54) is 21.3 Å². The van der Waals surface area contributed by atoms with E-state index in [0.29, 0.717) is 11.3 Å². The molecule has 100 valence electrons. The summed E-state index contributed by atoms with van der Waals surface area (Å²) < 4.78 is 16.0. The molecule has 0 radical (unpaired) electrons. The van der Waals surface area contributed by atoms with Crippen LogP contribution in [0, 0.1) is 0 Å². The topological polar surface area (TPSA) is 56.8 Å². The standard InChI is InChI=1S/C12H16BrNO4/c1-16-10-6-8(13)4-5-9(10)12(15)14-7-11(17-2)18-3/h4-6,11H,7H2,1-3H3,(H,14,15). The average Bonchev–Trinajstić information content (AvgIpc) is 2.39. The molecule has 0 aromatic heterocycles. The average molecular weight is 318 g/mol. The van der Waals surface area contributed by atoms with Crippen LogP contribution in [-0.2, 0) is 9.47 Å². The highest BCUT2D eigenvalue weighted by Crippen LogP contribution is 2.23. The van der Waals surface area contributed by atoms with Crippen LogP contribution < -0.4 is 10.1 Å². The quantitative estimate of drug-likeness (QED) is 0.813. The van der Waals surface area contributed by atoms with Gasteiger partial charge in [0.15, 0.2) is 6.29 Å². The van der Waals surface area contributed by atoms with E-state index in [9.17, 15) is 4.79 Å². The summed E-state index contributed by atoms with van der Waals surface area (Å²) in [7, 11) is 4.55. The molecular formula is C12H16BrNO4. The van der Waals surface area contributed by atoms with Gasteiger partial charge in [-0.15, -0.1) is 0 Å². The fourth-order valence-electron chi connectivity index (χ4n) is 1.39. The molecule has 0 unspecified atom stereocenters. The third-order valence-corrected chi connectivity index (χ3v) is 2.86. The molecule has 18 heavy (non-hydrogen) atoms. The van der Waals surface area contributed by atoms with E-state index in [2.05, 4.69) is 21.2 Å². The second-order valence-corrected chi connectivity index (χ2v) is 4.37. The van der Waals surface area contributed by atoms with Crippen LogP contribution in [0.5, 0.6) is 5.75 Å². The minimum Gasteiger partial charge on any atom is -0.496 e. The minimum absolute atomic E-state index is 0.238.